The Labute approximate surface area is 102 Å². The molecule has 0 aliphatic carbocycles. The summed E-state index contributed by atoms with van der Waals surface area (Å²) in [5, 5.41) is 11.3. The minimum atomic E-state index is -0.998. The van der Waals surface area contributed by atoms with Gasteiger partial charge in [0.05, 0.1) is 6.04 Å². The van der Waals surface area contributed by atoms with Crippen LogP contribution in [0.4, 0.5) is 0 Å². The van der Waals surface area contributed by atoms with Crippen LogP contribution < -0.4 is 5.32 Å². The van der Waals surface area contributed by atoms with E-state index < -0.39 is 12.0 Å². The molecule has 1 aliphatic rings. The number of carboxylic acid groups (broad SMARTS) is 1. The predicted octanol–water partition coefficient (Wildman–Crippen LogP) is 0.696. The topological polar surface area (TPSA) is 69.6 Å². The van der Waals surface area contributed by atoms with Gasteiger partial charge < -0.3 is 10.4 Å². The first-order valence-corrected chi connectivity index (χ1v) is 6.20. The van der Waals surface area contributed by atoms with Gasteiger partial charge in [-0.1, -0.05) is 13.8 Å². The van der Waals surface area contributed by atoms with Crippen LogP contribution in [0.3, 0.4) is 0 Å². The summed E-state index contributed by atoms with van der Waals surface area (Å²) in [5.41, 5.74) is 0. The molecule has 5 heteroatoms. The van der Waals surface area contributed by atoms with E-state index in [0.717, 1.165) is 25.9 Å². The molecule has 1 fully saturated rings. The zero-order valence-electron chi connectivity index (χ0n) is 10.8. The number of carboxylic acids is 1. The van der Waals surface area contributed by atoms with Gasteiger partial charge in [0.2, 0.25) is 5.91 Å². The molecule has 0 aromatic heterocycles. The van der Waals surface area contributed by atoms with Gasteiger partial charge in [-0.3, -0.25) is 14.5 Å². The normalized spacial score (nSPS) is 20.2. The van der Waals surface area contributed by atoms with E-state index in [4.69, 9.17) is 5.11 Å². The SMILES string of the molecule is CC(NC(=O)C(C(C)C)N1CCCC1)C(=O)O. The maximum Gasteiger partial charge on any atom is 0.325 e. The molecule has 0 bridgehead atoms. The van der Waals surface area contributed by atoms with Crippen LogP contribution in [-0.2, 0) is 9.59 Å². The number of amides is 1. The van der Waals surface area contributed by atoms with Crippen LogP contribution in [0, 0.1) is 5.92 Å². The molecule has 1 heterocycles. The monoisotopic (exact) mass is 242 g/mol. The Bertz CT molecular complexity index is 285. The summed E-state index contributed by atoms with van der Waals surface area (Å²) in [6.45, 7) is 7.33. The Balaban J connectivity index is 2.63. The molecule has 0 radical (unpaired) electrons. The van der Waals surface area contributed by atoms with Crippen molar-refractivity contribution in [1.29, 1.82) is 0 Å². The highest BCUT2D eigenvalue weighted by molar-refractivity contribution is 5.86. The smallest absolute Gasteiger partial charge is 0.325 e. The summed E-state index contributed by atoms with van der Waals surface area (Å²) < 4.78 is 0. The van der Waals surface area contributed by atoms with Crippen LogP contribution >= 0.6 is 0 Å². The third-order valence-electron chi connectivity index (χ3n) is 3.16. The van der Waals surface area contributed by atoms with Crippen molar-refractivity contribution in [3.8, 4) is 0 Å². The standard InChI is InChI=1S/C12H22N2O3/c1-8(2)10(14-6-4-5-7-14)11(15)13-9(3)12(16)17/h8-10H,4-7H2,1-3H3,(H,13,15)(H,16,17). The van der Waals surface area contributed by atoms with Crippen molar-refractivity contribution in [2.45, 2.75) is 45.7 Å². The Morgan fingerprint density at radius 2 is 1.71 bits per heavy atom. The van der Waals surface area contributed by atoms with Crippen molar-refractivity contribution < 1.29 is 14.7 Å². The Morgan fingerprint density at radius 3 is 2.12 bits per heavy atom. The first-order valence-electron chi connectivity index (χ1n) is 6.20. The molecule has 2 unspecified atom stereocenters. The number of likely N-dealkylation sites (tertiary alicyclic amines) is 1. The number of hydrogen-bond acceptors (Lipinski definition) is 3. The summed E-state index contributed by atoms with van der Waals surface area (Å²) in [6.07, 6.45) is 2.23. The molecule has 17 heavy (non-hydrogen) atoms. The lowest BCUT2D eigenvalue weighted by atomic mass is 10.0. The molecule has 1 amide bonds. The summed E-state index contributed by atoms with van der Waals surface area (Å²) >= 11 is 0. The number of carbonyl (C=O) groups excluding carboxylic acids is 1. The Kier molecular flexibility index (Phi) is 4.93. The summed E-state index contributed by atoms with van der Waals surface area (Å²) in [4.78, 5) is 24.9. The molecule has 0 spiro atoms. The predicted molar refractivity (Wildman–Crippen MR) is 64.7 cm³/mol. The zero-order chi connectivity index (χ0) is 13.0. The molecular formula is C12H22N2O3. The molecule has 1 aliphatic heterocycles. The molecule has 0 saturated carbocycles. The maximum absolute atomic E-state index is 12.1. The molecule has 5 nitrogen and oxygen atoms in total. The van der Waals surface area contributed by atoms with Crippen molar-refractivity contribution >= 4 is 11.9 Å². The van der Waals surface area contributed by atoms with Crippen LogP contribution in [-0.4, -0.2) is 47.1 Å². The lowest BCUT2D eigenvalue weighted by molar-refractivity contribution is -0.142. The maximum atomic E-state index is 12.1. The number of aliphatic carboxylic acids is 1. The third kappa shape index (κ3) is 3.70. The van der Waals surface area contributed by atoms with Gasteiger partial charge in [0, 0.05) is 0 Å². The van der Waals surface area contributed by atoms with Crippen LogP contribution in [0.1, 0.15) is 33.6 Å². The lowest BCUT2D eigenvalue weighted by Crippen LogP contribution is -2.52. The van der Waals surface area contributed by atoms with Gasteiger partial charge in [-0.15, -0.1) is 0 Å². The van der Waals surface area contributed by atoms with Crippen LogP contribution in [0.5, 0.6) is 0 Å². The van der Waals surface area contributed by atoms with E-state index in [1.54, 1.807) is 0 Å². The van der Waals surface area contributed by atoms with Crippen LogP contribution in [0.2, 0.25) is 0 Å². The highest BCUT2D eigenvalue weighted by Gasteiger charge is 2.31. The first kappa shape index (κ1) is 14.0. The van der Waals surface area contributed by atoms with E-state index in [9.17, 15) is 9.59 Å². The zero-order valence-corrected chi connectivity index (χ0v) is 10.8. The second kappa shape index (κ2) is 6.00. The minimum Gasteiger partial charge on any atom is -0.480 e. The summed E-state index contributed by atoms with van der Waals surface area (Å²) in [6, 6.07) is -1.04. The van der Waals surface area contributed by atoms with Gasteiger partial charge in [-0.05, 0) is 38.8 Å². The number of hydrogen-bond donors (Lipinski definition) is 2. The van der Waals surface area contributed by atoms with E-state index in [1.807, 2.05) is 13.8 Å². The second-order valence-corrected chi connectivity index (χ2v) is 5.00. The highest BCUT2D eigenvalue weighted by atomic mass is 16.4. The van der Waals surface area contributed by atoms with Gasteiger partial charge in [-0.2, -0.15) is 0 Å². The van der Waals surface area contributed by atoms with Gasteiger partial charge >= 0.3 is 5.97 Å². The average Bonchev–Trinajstić information content (AvgIpc) is 2.70. The van der Waals surface area contributed by atoms with E-state index in [0.29, 0.717) is 0 Å². The molecule has 2 N–H and O–H groups in total. The quantitative estimate of drug-likeness (QED) is 0.744. The van der Waals surface area contributed by atoms with Crippen LogP contribution in [0.25, 0.3) is 0 Å². The van der Waals surface area contributed by atoms with Crippen molar-refractivity contribution in [2.75, 3.05) is 13.1 Å². The summed E-state index contributed by atoms with van der Waals surface area (Å²) in [7, 11) is 0. The largest absolute Gasteiger partial charge is 0.480 e. The number of nitrogens with one attached hydrogen (secondary N) is 1. The first-order chi connectivity index (χ1) is 7.93. The second-order valence-electron chi connectivity index (χ2n) is 5.00. The van der Waals surface area contributed by atoms with Crippen LogP contribution in [0.15, 0.2) is 0 Å². The summed E-state index contributed by atoms with van der Waals surface area (Å²) in [5.74, 6) is -0.979. The Hall–Kier alpha value is -1.10. The molecule has 98 valence electrons. The van der Waals surface area contributed by atoms with Crippen molar-refractivity contribution in [3.63, 3.8) is 0 Å². The molecule has 0 aromatic rings. The van der Waals surface area contributed by atoms with Gasteiger partial charge in [0.15, 0.2) is 0 Å². The van der Waals surface area contributed by atoms with E-state index >= 15 is 0 Å². The fraction of sp³-hybridized carbons (Fsp3) is 0.833. The van der Waals surface area contributed by atoms with Gasteiger partial charge in [0.1, 0.15) is 6.04 Å². The van der Waals surface area contributed by atoms with Gasteiger partial charge in [0.25, 0.3) is 0 Å². The molecule has 0 aromatic carbocycles. The molecule has 2 atom stereocenters. The Morgan fingerprint density at radius 1 is 1.18 bits per heavy atom. The number of rotatable bonds is 5. The average molecular weight is 242 g/mol. The highest BCUT2D eigenvalue weighted by Crippen LogP contribution is 2.17. The minimum absolute atomic E-state index is 0.170. The molecular weight excluding hydrogens is 220 g/mol. The van der Waals surface area contributed by atoms with Crippen molar-refractivity contribution in [3.05, 3.63) is 0 Å². The van der Waals surface area contributed by atoms with E-state index in [1.165, 1.54) is 6.92 Å². The number of nitrogens with zero attached hydrogens (tertiary/aromatic N) is 1. The van der Waals surface area contributed by atoms with E-state index in [2.05, 4.69) is 10.2 Å². The van der Waals surface area contributed by atoms with E-state index in [-0.39, 0.29) is 17.9 Å². The fourth-order valence-corrected chi connectivity index (χ4v) is 2.27. The molecule has 1 rings (SSSR count). The van der Waals surface area contributed by atoms with Gasteiger partial charge in [-0.25, -0.2) is 0 Å². The lowest BCUT2D eigenvalue weighted by Gasteiger charge is -2.30. The van der Waals surface area contributed by atoms with Crippen molar-refractivity contribution in [2.24, 2.45) is 5.92 Å². The number of carbonyl (C=O) groups is 2. The van der Waals surface area contributed by atoms with Crippen molar-refractivity contribution in [1.82, 2.24) is 10.2 Å². The third-order valence-corrected chi connectivity index (χ3v) is 3.16. The fourth-order valence-electron chi connectivity index (χ4n) is 2.27. The molecule has 1 saturated heterocycles.